The summed E-state index contributed by atoms with van der Waals surface area (Å²) in [6.07, 6.45) is 1.49. The molecule has 0 spiro atoms. The molecule has 3 aromatic carbocycles. The van der Waals surface area contributed by atoms with E-state index in [-0.39, 0.29) is 41.5 Å². The SMILES string of the molecule is CCOC(=O)C1=C(C)N(c2ccc(C)c(C)c2)C(=O)/C1=C/c1ccc(CN(Cc2ccc(Cl)cc2)S(=O)(=O)c2ccc(Cl)cc2)o1. The number of anilines is 1. The molecule has 0 N–H and O–H groups in total. The molecule has 46 heavy (non-hydrogen) atoms. The van der Waals surface area contributed by atoms with Crippen molar-refractivity contribution in [2.24, 2.45) is 0 Å². The van der Waals surface area contributed by atoms with Crippen LogP contribution in [0.1, 0.15) is 42.1 Å². The normalized spacial score (nSPS) is 14.5. The summed E-state index contributed by atoms with van der Waals surface area (Å²) >= 11 is 12.1. The molecule has 1 amide bonds. The molecule has 0 unspecified atom stereocenters. The molecule has 0 radical (unpaired) electrons. The standard InChI is InChI=1S/C35H32Cl2N2O6S/c1-5-44-35(41)33-24(4)39(28-13-6-22(2)23(3)18-28)34(40)32(33)19-29-14-15-30(45-29)21-38(20-25-7-9-26(36)10-8-25)46(42,43)31-16-11-27(37)12-17-31/h6-19H,5,20-21H2,1-4H3/b32-19+. The third-order valence-electron chi connectivity index (χ3n) is 7.65. The summed E-state index contributed by atoms with van der Waals surface area (Å²) in [7, 11) is -3.99. The summed E-state index contributed by atoms with van der Waals surface area (Å²) in [6.45, 7) is 7.39. The zero-order valence-electron chi connectivity index (χ0n) is 25.7. The molecule has 1 aromatic heterocycles. The fourth-order valence-electron chi connectivity index (χ4n) is 5.10. The largest absolute Gasteiger partial charge is 0.462 e. The van der Waals surface area contributed by atoms with Gasteiger partial charge >= 0.3 is 5.97 Å². The first kappa shape index (κ1) is 33.2. The number of amides is 1. The summed E-state index contributed by atoms with van der Waals surface area (Å²) in [4.78, 5) is 28.5. The lowest BCUT2D eigenvalue weighted by atomic mass is 10.1. The van der Waals surface area contributed by atoms with Gasteiger partial charge in [0.25, 0.3) is 5.91 Å². The predicted octanol–water partition coefficient (Wildman–Crippen LogP) is 7.86. The number of allylic oxidation sites excluding steroid dienone is 1. The maximum Gasteiger partial charge on any atom is 0.340 e. The van der Waals surface area contributed by atoms with Crippen LogP contribution in [0.25, 0.3) is 6.08 Å². The van der Waals surface area contributed by atoms with Gasteiger partial charge in [-0.05, 0) is 111 Å². The van der Waals surface area contributed by atoms with Crippen molar-refractivity contribution in [1.29, 1.82) is 0 Å². The van der Waals surface area contributed by atoms with Gasteiger partial charge in [0.1, 0.15) is 11.5 Å². The highest BCUT2D eigenvalue weighted by molar-refractivity contribution is 7.89. The van der Waals surface area contributed by atoms with Gasteiger partial charge in [0, 0.05) is 28.0 Å². The second-order valence-corrected chi connectivity index (χ2v) is 13.6. The number of ether oxygens (including phenoxy) is 1. The molecule has 2 heterocycles. The Kier molecular flexibility index (Phi) is 9.88. The Morgan fingerprint density at radius 2 is 1.54 bits per heavy atom. The topological polar surface area (TPSA) is 97.1 Å². The Balaban J connectivity index is 1.49. The predicted molar refractivity (Wildman–Crippen MR) is 179 cm³/mol. The first-order valence-electron chi connectivity index (χ1n) is 14.5. The van der Waals surface area contributed by atoms with Gasteiger partial charge in [0.05, 0.1) is 29.2 Å². The Hall–Kier alpha value is -4.15. The summed E-state index contributed by atoms with van der Waals surface area (Å²) in [5.41, 5.74) is 4.11. The number of hydrogen-bond donors (Lipinski definition) is 0. The zero-order chi connectivity index (χ0) is 33.2. The molecule has 8 nitrogen and oxygen atoms in total. The quantitative estimate of drug-likeness (QED) is 0.125. The van der Waals surface area contributed by atoms with Gasteiger partial charge < -0.3 is 9.15 Å². The van der Waals surface area contributed by atoms with E-state index in [1.165, 1.54) is 39.5 Å². The Labute approximate surface area is 278 Å². The van der Waals surface area contributed by atoms with Crippen LogP contribution in [-0.4, -0.2) is 31.2 Å². The maximum absolute atomic E-state index is 13.8. The second kappa shape index (κ2) is 13.7. The van der Waals surface area contributed by atoms with Crippen molar-refractivity contribution in [3.63, 3.8) is 0 Å². The van der Waals surface area contributed by atoms with E-state index in [0.29, 0.717) is 27.2 Å². The molecule has 0 atom stereocenters. The van der Waals surface area contributed by atoms with Crippen LogP contribution in [0, 0.1) is 13.8 Å². The number of furan rings is 1. The second-order valence-electron chi connectivity index (χ2n) is 10.8. The minimum absolute atomic E-state index is 0.0393. The monoisotopic (exact) mass is 678 g/mol. The number of hydrogen-bond acceptors (Lipinski definition) is 6. The average Bonchev–Trinajstić information content (AvgIpc) is 3.56. The van der Waals surface area contributed by atoms with E-state index in [1.807, 2.05) is 32.0 Å². The van der Waals surface area contributed by atoms with Crippen LogP contribution in [0.3, 0.4) is 0 Å². The molecule has 4 aromatic rings. The van der Waals surface area contributed by atoms with E-state index in [1.54, 1.807) is 50.2 Å². The minimum atomic E-state index is -3.99. The van der Waals surface area contributed by atoms with Crippen molar-refractivity contribution in [2.75, 3.05) is 11.5 Å². The van der Waals surface area contributed by atoms with Crippen molar-refractivity contribution in [2.45, 2.75) is 45.7 Å². The van der Waals surface area contributed by atoms with Crippen molar-refractivity contribution in [3.8, 4) is 0 Å². The highest BCUT2D eigenvalue weighted by Gasteiger charge is 2.38. The fourth-order valence-corrected chi connectivity index (χ4v) is 6.75. The number of sulfonamides is 1. The number of halogens is 2. The number of nitrogens with zero attached hydrogens (tertiary/aromatic N) is 2. The van der Waals surface area contributed by atoms with E-state index in [4.69, 9.17) is 32.4 Å². The lowest BCUT2D eigenvalue weighted by molar-refractivity contribution is -0.138. The van der Waals surface area contributed by atoms with Gasteiger partial charge in [0.2, 0.25) is 10.0 Å². The van der Waals surface area contributed by atoms with Crippen LogP contribution in [0.2, 0.25) is 10.0 Å². The summed E-state index contributed by atoms with van der Waals surface area (Å²) in [6, 6.07) is 21.7. The fraction of sp³-hybridized carbons (Fsp3) is 0.200. The van der Waals surface area contributed by atoms with Crippen molar-refractivity contribution < 1.29 is 27.2 Å². The molecule has 1 aliphatic rings. The van der Waals surface area contributed by atoms with E-state index in [9.17, 15) is 18.0 Å². The van der Waals surface area contributed by atoms with Crippen molar-refractivity contribution in [1.82, 2.24) is 4.31 Å². The van der Waals surface area contributed by atoms with E-state index >= 15 is 0 Å². The minimum Gasteiger partial charge on any atom is -0.462 e. The van der Waals surface area contributed by atoms with Crippen LogP contribution >= 0.6 is 23.2 Å². The lowest BCUT2D eigenvalue weighted by Gasteiger charge is -2.21. The number of carbonyl (C=O) groups excluding carboxylic acids is 2. The Morgan fingerprint density at radius 3 is 2.17 bits per heavy atom. The zero-order valence-corrected chi connectivity index (χ0v) is 28.0. The Morgan fingerprint density at radius 1 is 0.891 bits per heavy atom. The number of benzene rings is 3. The Bertz CT molecular complexity index is 1960. The van der Waals surface area contributed by atoms with Gasteiger partial charge in [-0.25, -0.2) is 13.2 Å². The average molecular weight is 680 g/mol. The first-order valence-corrected chi connectivity index (χ1v) is 16.7. The van der Waals surface area contributed by atoms with Gasteiger partial charge in [0.15, 0.2) is 0 Å². The molecular weight excluding hydrogens is 647 g/mol. The van der Waals surface area contributed by atoms with E-state index in [0.717, 1.165) is 16.7 Å². The van der Waals surface area contributed by atoms with Crippen LogP contribution in [0.4, 0.5) is 5.69 Å². The van der Waals surface area contributed by atoms with Gasteiger partial charge in [-0.3, -0.25) is 9.69 Å². The summed E-state index contributed by atoms with van der Waals surface area (Å²) in [5, 5.41) is 0.944. The molecule has 0 saturated heterocycles. The smallest absolute Gasteiger partial charge is 0.340 e. The van der Waals surface area contributed by atoms with E-state index < -0.39 is 21.9 Å². The van der Waals surface area contributed by atoms with Crippen molar-refractivity contribution in [3.05, 3.63) is 134 Å². The number of rotatable bonds is 10. The van der Waals surface area contributed by atoms with Gasteiger partial charge in [-0.1, -0.05) is 41.4 Å². The third kappa shape index (κ3) is 6.98. The molecular formula is C35H32Cl2N2O6S. The molecule has 5 rings (SSSR count). The summed E-state index contributed by atoms with van der Waals surface area (Å²) < 4.78 is 40.2. The van der Waals surface area contributed by atoms with E-state index in [2.05, 4.69) is 0 Å². The van der Waals surface area contributed by atoms with Crippen molar-refractivity contribution >= 4 is 56.9 Å². The summed E-state index contributed by atoms with van der Waals surface area (Å²) in [5.74, 6) is -0.434. The first-order chi connectivity index (χ1) is 21.9. The molecule has 0 aliphatic carbocycles. The molecule has 11 heteroatoms. The lowest BCUT2D eigenvalue weighted by Crippen LogP contribution is -2.30. The molecule has 238 valence electrons. The van der Waals surface area contributed by atoms with Gasteiger partial charge in [-0.2, -0.15) is 4.31 Å². The molecule has 1 aliphatic heterocycles. The van der Waals surface area contributed by atoms with Crippen LogP contribution < -0.4 is 4.90 Å². The number of aryl methyl sites for hydroxylation is 2. The highest BCUT2D eigenvalue weighted by atomic mass is 35.5. The van der Waals surface area contributed by atoms with Crippen LogP contribution in [0.5, 0.6) is 0 Å². The molecule has 0 saturated carbocycles. The number of esters is 1. The highest BCUT2D eigenvalue weighted by Crippen LogP contribution is 2.36. The molecule has 0 fully saturated rings. The van der Waals surface area contributed by atoms with Crippen LogP contribution in [-0.2, 0) is 37.4 Å². The van der Waals surface area contributed by atoms with Crippen LogP contribution in [0.15, 0.2) is 105 Å². The number of carbonyl (C=O) groups is 2. The molecule has 0 bridgehead atoms. The van der Waals surface area contributed by atoms with Gasteiger partial charge in [-0.15, -0.1) is 0 Å². The third-order valence-corrected chi connectivity index (χ3v) is 9.96. The maximum atomic E-state index is 13.8.